The first-order valence-corrected chi connectivity index (χ1v) is 6.47. The molecule has 1 N–H and O–H groups in total. The van der Waals surface area contributed by atoms with Crippen molar-refractivity contribution in [3.8, 4) is 0 Å². The van der Waals surface area contributed by atoms with Gasteiger partial charge in [-0.05, 0) is 45.6 Å². The summed E-state index contributed by atoms with van der Waals surface area (Å²) in [5, 5.41) is 8.74. The lowest BCUT2D eigenvalue weighted by atomic mass is 10.1. The van der Waals surface area contributed by atoms with Crippen LogP contribution in [0, 0.1) is 0 Å². The number of carbonyl (C=O) groups excluding carboxylic acids is 1. The molecule has 1 aromatic rings. The summed E-state index contributed by atoms with van der Waals surface area (Å²) < 4.78 is 2.43. The number of Topliss-reactive ketones (excluding diaryl/α,β-unsaturated/α-hetero) is 1. The zero-order valence-electron chi connectivity index (χ0n) is 11.1. The lowest BCUT2D eigenvalue weighted by Gasteiger charge is -2.19. The van der Waals surface area contributed by atoms with Crippen molar-refractivity contribution in [3.63, 3.8) is 0 Å². The van der Waals surface area contributed by atoms with E-state index in [0.29, 0.717) is 17.5 Å². The van der Waals surface area contributed by atoms with Crippen LogP contribution >= 0.6 is 11.5 Å². The molecule has 0 fully saturated rings. The molecule has 100 valence electrons. The minimum Gasteiger partial charge on any atom is -0.463 e. The van der Waals surface area contributed by atoms with Crippen molar-refractivity contribution in [1.29, 1.82) is 0 Å². The van der Waals surface area contributed by atoms with Crippen LogP contribution in [0.25, 0.3) is 0 Å². The van der Waals surface area contributed by atoms with Gasteiger partial charge in [-0.1, -0.05) is 0 Å². The van der Waals surface area contributed by atoms with Gasteiger partial charge in [0.25, 0.3) is 0 Å². The number of nitrogens with zero attached hydrogens (tertiary/aromatic N) is 2. The van der Waals surface area contributed by atoms with Gasteiger partial charge in [-0.15, -0.1) is 0 Å². The molecule has 18 heavy (non-hydrogen) atoms. The van der Waals surface area contributed by atoms with Crippen LogP contribution in [0.1, 0.15) is 39.7 Å². The van der Waals surface area contributed by atoms with E-state index >= 15 is 0 Å². The maximum atomic E-state index is 11.0. The Morgan fingerprint density at radius 1 is 1.44 bits per heavy atom. The summed E-state index contributed by atoms with van der Waals surface area (Å²) in [5.74, 6) is 0.0878. The van der Waals surface area contributed by atoms with Crippen molar-refractivity contribution in [2.75, 3.05) is 0 Å². The highest BCUT2D eigenvalue weighted by Gasteiger charge is 2.16. The summed E-state index contributed by atoms with van der Waals surface area (Å²) in [5.41, 5.74) is 0.689. The highest BCUT2D eigenvalue weighted by molar-refractivity contribution is 7.04. The second kappa shape index (κ2) is 5.48. The van der Waals surface area contributed by atoms with Gasteiger partial charge in [-0.25, -0.2) is 4.79 Å². The Kier molecular flexibility index (Phi) is 4.45. The van der Waals surface area contributed by atoms with Gasteiger partial charge in [-0.2, -0.15) is 4.99 Å². The zero-order valence-corrected chi connectivity index (χ0v) is 11.9. The molecule has 1 amide bonds. The predicted molar refractivity (Wildman–Crippen MR) is 69.9 cm³/mol. The van der Waals surface area contributed by atoms with Crippen molar-refractivity contribution in [1.82, 2.24) is 3.96 Å². The second-order valence-electron chi connectivity index (χ2n) is 5.14. The van der Waals surface area contributed by atoms with Crippen LogP contribution in [0.15, 0.2) is 11.2 Å². The molecule has 0 spiro atoms. The Balaban J connectivity index is 3.17. The molecule has 0 bridgehead atoms. The lowest BCUT2D eigenvalue weighted by molar-refractivity contribution is -0.116. The number of hydrogen-bond donors (Lipinski definition) is 1. The van der Waals surface area contributed by atoms with Crippen LogP contribution in [0.2, 0.25) is 0 Å². The Hall–Kier alpha value is -1.43. The van der Waals surface area contributed by atoms with E-state index in [4.69, 9.17) is 5.11 Å². The normalized spacial score (nSPS) is 12.8. The monoisotopic (exact) mass is 270 g/mol. The van der Waals surface area contributed by atoms with Gasteiger partial charge in [0.1, 0.15) is 10.5 Å². The SMILES string of the molecule is CC(=O)CCc1cn(C(C)(C)C)sc1=NC(=O)O. The van der Waals surface area contributed by atoms with E-state index in [2.05, 4.69) is 4.99 Å². The van der Waals surface area contributed by atoms with Crippen LogP contribution in [-0.4, -0.2) is 20.9 Å². The average molecular weight is 270 g/mol. The molecule has 0 aliphatic carbocycles. The molecule has 0 aliphatic heterocycles. The van der Waals surface area contributed by atoms with Crippen LogP contribution in [-0.2, 0) is 16.8 Å². The van der Waals surface area contributed by atoms with Gasteiger partial charge in [0, 0.05) is 23.7 Å². The number of ketones is 1. The molecule has 0 atom stereocenters. The van der Waals surface area contributed by atoms with E-state index < -0.39 is 6.09 Å². The minimum atomic E-state index is -1.21. The van der Waals surface area contributed by atoms with Crippen molar-refractivity contribution < 1.29 is 14.7 Å². The zero-order chi connectivity index (χ0) is 13.9. The molecule has 0 aromatic carbocycles. The summed E-state index contributed by atoms with van der Waals surface area (Å²) >= 11 is 1.30. The topological polar surface area (TPSA) is 71.7 Å². The Morgan fingerprint density at radius 3 is 2.50 bits per heavy atom. The quantitative estimate of drug-likeness (QED) is 0.916. The summed E-state index contributed by atoms with van der Waals surface area (Å²) in [6.45, 7) is 7.62. The molecule has 5 nitrogen and oxygen atoms in total. The van der Waals surface area contributed by atoms with E-state index in [1.807, 2.05) is 30.9 Å². The molecule has 0 unspecified atom stereocenters. The molecule has 0 saturated carbocycles. The summed E-state index contributed by atoms with van der Waals surface area (Å²) in [4.78, 5) is 25.3. The largest absolute Gasteiger partial charge is 0.463 e. The molecule has 0 aliphatic rings. The fourth-order valence-corrected chi connectivity index (χ4v) is 2.40. The molecule has 1 heterocycles. The predicted octanol–water partition coefficient (Wildman–Crippen LogP) is 2.40. The molecule has 6 heteroatoms. The highest BCUT2D eigenvalue weighted by atomic mass is 32.1. The average Bonchev–Trinajstić information content (AvgIpc) is 2.56. The number of hydrogen-bond acceptors (Lipinski definition) is 3. The number of aromatic nitrogens is 1. The smallest absolute Gasteiger partial charge is 0.432 e. The molecule has 1 rings (SSSR count). The number of rotatable bonds is 3. The van der Waals surface area contributed by atoms with Crippen LogP contribution in [0.4, 0.5) is 4.79 Å². The third-order valence-corrected chi connectivity index (χ3v) is 3.71. The van der Waals surface area contributed by atoms with Gasteiger partial charge in [-0.3, -0.25) is 3.96 Å². The first kappa shape index (κ1) is 14.6. The first-order chi connectivity index (χ1) is 8.20. The van der Waals surface area contributed by atoms with Crippen molar-refractivity contribution in [2.24, 2.45) is 4.99 Å². The van der Waals surface area contributed by atoms with Crippen LogP contribution in [0.3, 0.4) is 0 Å². The van der Waals surface area contributed by atoms with Gasteiger partial charge < -0.3 is 9.90 Å². The third-order valence-electron chi connectivity index (χ3n) is 2.34. The Morgan fingerprint density at radius 2 is 2.06 bits per heavy atom. The fourth-order valence-electron chi connectivity index (χ4n) is 1.37. The number of aryl methyl sites for hydroxylation is 1. The molecule has 0 radical (unpaired) electrons. The lowest BCUT2D eigenvalue weighted by Crippen LogP contribution is -2.18. The minimum absolute atomic E-state index is 0.0878. The van der Waals surface area contributed by atoms with E-state index in [0.717, 1.165) is 5.56 Å². The summed E-state index contributed by atoms with van der Waals surface area (Å²) in [6, 6.07) is 0. The van der Waals surface area contributed by atoms with Crippen molar-refractivity contribution in [3.05, 3.63) is 16.4 Å². The van der Waals surface area contributed by atoms with Gasteiger partial charge in [0.2, 0.25) is 0 Å². The van der Waals surface area contributed by atoms with Crippen LogP contribution in [0.5, 0.6) is 0 Å². The molecule has 1 aromatic heterocycles. The van der Waals surface area contributed by atoms with E-state index in [1.165, 1.54) is 18.5 Å². The highest BCUT2D eigenvalue weighted by Crippen LogP contribution is 2.17. The van der Waals surface area contributed by atoms with E-state index in [-0.39, 0.29) is 11.3 Å². The van der Waals surface area contributed by atoms with Gasteiger partial charge in [0.15, 0.2) is 0 Å². The standard InChI is InChI=1S/C12H18N2O3S/c1-8(15)5-6-9-7-14(12(2,3)4)18-10(9)13-11(16)17/h7H,5-6H2,1-4H3,(H,16,17). The molecular formula is C12H18N2O3S. The summed E-state index contributed by atoms with van der Waals surface area (Å²) in [6.07, 6.45) is 1.61. The first-order valence-electron chi connectivity index (χ1n) is 5.69. The maximum absolute atomic E-state index is 11.0. The van der Waals surface area contributed by atoms with Crippen molar-refractivity contribution in [2.45, 2.75) is 46.1 Å². The van der Waals surface area contributed by atoms with Crippen molar-refractivity contribution >= 4 is 23.4 Å². The maximum Gasteiger partial charge on any atom is 0.432 e. The number of carbonyl (C=O) groups is 2. The van der Waals surface area contributed by atoms with Gasteiger partial charge in [0.05, 0.1) is 0 Å². The fraction of sp³-hybridized carbons (Fsp3) is 0.583. The molecule has 0 saturated heterocycles. The van der Waals surface area contributed by atoms with E-state index in [1.54, 1.807) is 0 Å². The Labute approximate surface area is 110 Å². The number of carboxylic acid groups (broad SMARTS) is 1. The Bertz CT molecular complexity index is 520. The molecular weight excluding hydrogens is 252 g/mol. The van der Waals surface area contributed by atoms with Gasteiger partial charge >= 0.3 is 6.09 Å². The third kappa shape index (κ3) is 4.10. The summed E-state index contributed by atoms with van der Waals surface area (Å²) in [7, 11) is 0. The van der Waals surface area contributed by atoms with Crippen LogP contribution < -0.4 is 4.67 Å². The number of amides is 1. The second-order valence-corrected chi connectivity index (χ2v) is 6.11. The van der Waals surface area contributed by atoms with E-state index in [9.17, 15) is 9.59 Å².